The van der Waals surface area contributed by atoms with Crippen molar-refractivity contribution in [1.29, 1.82) is 0 Å². The molecule has 0 rings (SSSR count). The number of hydrogen-bond acceptors (Lipinski definition) is 0. The summed E-state index contributed by atoms with van der Waals surface area (Å²) in [4.78, 5) is 0. The molecule has 1 radical (unpaired) electrons. The van der Waals surface area contributed by atoms with Crippen molar-refractivity contribution >= 4 is 22.6 Å². The Hall–Kier alpha value is 0.290. The fourth-order valence-electron chi connectivity index (χ4n) is 0.607. The van der Waals surface area contributed by atoms with E-state index in [-0.39, 0.29) is 0 Å². The van der Waals surface area contributed by atoms with Crippen molar-refractivity contribution < 1.29 is 0 Å². The zero-order valence-electron chi connectivity index (χ0n) is 5.78. The van der Waals surface area contributed by atoms with Gasteiger partial charge in [-0.2, -0.15) is 0 Å². The lowest BCUT2D eigenvalue weighted by molar-refractivity contribution is 0.719. The van der Waals surface area contributed by atoms with E-state index in [1.54, 1.807) is 0 Å². The van der Waals surface area contributed by atoms with Crippen LogP contribution in [-0.2, 0) is 0 Å². The molecule has 0 aliphatic carbocycles. The van der Waals surface area contributed by atoms with Crippen molar-refractivity contribution in [2.75, 3.05) is 0 Å². The first-order valence-corrected chi connectivity index (χ1v) is 4.42. The topological polar surface area (TPSA) is 0 Å². The predicted octanol–water partition coefficient (Wildman–Crippen LogP) is 3.17. The monoisotopic (exact) mass is 235 g/mol. The molecule has 0 N–H and O–H groups in total. The van der Waals surface area contributed by atoms with E-state index in [0.717, 1.165) is 6.42 Å². The molecule has 0 heterocycles. The van der Waals surface area contributed by atoms with E-state index in [4.69, 9.17) is 0 Å². The van der Waals surface area contributed by atoms with Crippen molar-refractivity contribution in [3.8, 4) is 9.85 Å². The number of unbranched alkanes of at least 4 members (excludes halogenated alkanes) is 4. The first kappa shape index (κ1) is 9.29. The molecule has 0 aromatic rings. The fourth-order valence-corrected chi connectivity index (χ4v) is 0.827. The first-order valence-electron chi connectivity index (χ1n) is 3.34. The maximum absolute atomic E-state index is 2.92. The van der Waals surface area contributed by atoms with Gasteiger partial charge < -0.3 is 0 Å². The maximum Gasteiger partial charge on any atom is 0.0349 e. The third kappa shape index (κ3) is 8.29. The minimum atomic E-state index is 1.16. The molecule has 0 amide bonds. The summed E-state index contributed by atoms with van der Waals surface area (Å²) in [5, 5.41) is 0. The van der Waals surface area contributed by atoms with Gasteiger partial charge in [-0.3, -0.25) is 0 Å². The normalized spacial score (nSPS) is 8.22. The molecule has 0 saturated heterocycles. The summed E-state index contributed by atoms with van der Waals surface area (Å²) in [5.74, 6) is 2.92. The number of halogens is 1. The van der Waals surface area contributed by atoms with Crippen LogP contribution in [0.4, 0.5) is 0 Å². The first-order chi connectivity index (χ1) is 4.41. The Morgan fingerprint density at radius 1 is 1.44 bits per heavy atom. The molecule has 0 unspecified atom stereocenters. The lowest BCUT2D eigenvalue weighted by Gasteiger charge is -1.90. The molecule has 9 heavy (non-hydrogen) atoms. The highest BCUT2D eigenvalue weighted by molar-refractivity contribution is 14.1. The van der Waals surface area contributed by atoms with Crippen molar-refractivity contribution in [2.24, 2.45) is 0 Å². The summed E-state index contributed by atoms with van der Waals surface area (Å²) in [6.45, 7) is 2.21. The summed E-state index contributed by atoms with van der Waals surface area (Å²) in [5.41, 5.74) is 0. The van der Waals surface area contributed by atoms with Crippen molar-refractivity contribution in [3.63, 3.8) is 0 Å². The second-order valence-electron chi connectivity index (χ2n) is 1.94. The van der Waals surface area contributed by atoms with Crippen LogP contribution in [0.5, 0.6) is 0 Å². The molecule has 0 spiro atoms. The van der Waals surface area contributed by atoms with E-state index >= 15 is 0 Å². The van der Waals surface area contributed by atoms with Gasteiger partial charge in [-0.05, 0) is 10.3 Å². The van der Waals surface area contributed by atoms with Crippen LogP contribution in [-0.4, -0.2) is 0 Å². The van der Waals surface area contributed by atoms with Crippen LogP contribution >= 0.6 is 22.6 Å². The Kier molecular flexibility index (Phi) is 8.56. The van der Waals surface area contributed by atoms with Gasteiger partial charge in [0.05, 0.1) is 0 Å². The Morgan fingerprint density at radius 2 is 2.22 bits per heavy atom. The second kappa shape index (κ2) is 8.29. The van der Waals surface area contributed by atoms with Gasteiger partial charge in [-0.15, -0.1) is 0 Å². The van der Waals surface area contributed by atoms with Crippen LogP contribution in [0, 0.1) is 16.3 Å². The fraction of sp³-hybridized carbons (Fsp3) is 0.625. The van der Waals surface area contributed by atoms with E-state index in [9.17, 15) is 0 Å². The SMILES string of the molecule is CCCCC[CH]C#CI. The Bertz CT molecular complexity index is 96.9. The minimum Gasteiger partial charge on any atom is -0.0872 e. The van der Waals surface area contributed by atoms with Crippen LogP contribution in [0.1, 0.15) is 32.6 Å². The van der Waals surface area contributed by atoms with Crippen LogP contribution in [0.25, 0.3) is 0 Å². The standard InChI is InChI=1S/C8H12I/c1-2-3-4-5-6-7-8-9/h6H,2-5H2,1H3. The largest absolute Gasteiger partial charge is 0.0872 e. The minimum absolute atomic E-state index is 1.16. The van der Waals surface area contributed by atoms with Crippen LogP contribution < -0.4 is 0 Å². The second-order valence-corrected chi connectivity index (χ2v) is 2.48. The van der Waals surface area contributed by atoms with Crippen LogP contribution in [0.3, 0.4) is 0 Å². The van der Waals surface area contributed by atoms with E-state index in [0.29, 0.717) is 0 Å². The van der Waals surface area contributed by atoms with Gasteiger partial charge in [0.25, 0.3) is 0 Å². The summed E-state index contributed by atoms with van der Waals surface area (Å²) in [7, 11) is 0. The highest BCUT2D eigenvalue weighted by Gasteiger charge is 1.82. The Balaban J connectivity index is 2.80. The average molecular weight is 235 g/mol. The third-order valence-electron chi connectivity index (χ3n) is 1.11. The van der Waals surface area contributed by atoms with Gasteiger partial charge >= 0.3 is 0 Å². The third-order valence-corrected chi connectivity index (χ3v) is 1.42. The molecule has 1 heteroatoms. The summed E-state index contributed by atoms with van der Waals surface area (Å²) < 4.78 is 2.81. The van der Waals surface area contributed by atoms with Crippen molar-refractivity contribution in [1.82, 2.24) is 0 Å². The quantitative estimate of drug-likeness (QED) is 0.399. The van der Waals surface area contributed by atoms with Gasteiger partial charge in [-0.1, -0.05) is 32.1 Å². The molecule has 0 saturated carbocycles. The summed E-state index contributed by atoms with van der Waals surface area (Å²) >= 11 is 2.06. The number of rotatable bonds is 4. The molecule has 0 aliphatic heterocycles. The summed E-state index contributed by atoms with van der Waals surface area (Å²) in [6.07, 6.45) is 7.12. The maximum atomic E-state index is 2.92. The molecular weight excluding hydrogens is 223 g/mol. The van der Waals surface area contributed by atoms with E-state index in [1.165, 1.54) is 19.3 Å². The molecule has 0 atom stereocenters. The highest BCUT2D eigenvalue weighted by Crippen LogP contribution is 2.00. The molecular formula is C8H12I. The predicted molar refractivity (Wildman–Crippen MR) is 50.2 cm³/mol. The van der Waals surface area contributed by atoms with Crippen molar-refractivity contribution in [3.05, 3.63) is 6.42 Å². The van der Waals surface area contributed by atoms with Gasteiger partial charge in [0, 0.05) is 29.0 Å². The van der Waals surface area contributed by atoms with E-state index in [2.05, 4.69) is 39.4 Å². The van der Waals surface area contributed by atoms with Crippen molar-refractivity contribution in [2.45, 2.75) is 32.6 Å². The van der Waals surface area contributed by atoms with Crippen LogP contribution in [0.2, 0.25) is 0 Å². The molecule has 0 nitrogen and oxygen atoms in total. The molecule has 0 bridgehead atoms. The van der Waals surface area contributed by atoms with Gasteiger partial charge in [0.15, 0.2) is 0 Å². The molecule has 0 fully saturated rings. The Morgan fingerprint density at radius 3 is 2.78 bits per heavy atom. The average Bonchev–Trinajstić information content (AvgIpc) is 1.89. The lowest BCUT2D eigenvalue weighted by Crippen LogP contribution is -1.73. The lowest BCUT2D eigenvalue weighted by atomic mass is 10.2. The number of hydrogen-bond donors (Lipinski definition) is 0. The van der Waals surface area contributed by atoms with Gasteiger partial charge in [0.2, 0.25) is 0 Å². The molecule has 0 aromatic heterocycles. The van der Waals surface area contributed by atoms with E-state index < -0.39 is 0 Å². The zero-order valence-corrected chi connectivity index (χ0v) is 7.94. The molecule has 0 aromatic carbocycles. The molecule has 51 valence electrons. The zero-order chi connectivity index (χ0) is 6.95. The van der Waals surface area contributed by atoms with Gasteiger partial charge in [0.1, 0.15) is 0 Å². The molecule has 0 aliphatic rings. The van der Waals surface area contributed by atoms with E-state index in [1.807, 2.05) is 6.42 Å². The Labute approximate surface area is 71.6 Å². The van der Waals surface area contributed by atoms with Gasteiger partial charge in [-0.25, -0.2) is 0 Å². The summed E-state index contributed by atoms with van der Waals surface area (Å²) in [6, 6.07) is 0. The van der Waals surface area contributed by atoms with Crippen LogP contribution in [0.15, 0.2) is 0 Å². The smallest absolute Gasteiger partial charge is 0.0349 e. The highest BCUT2D eigenvalue weighted by atomic mass is 127.